The lowest BCUT2D eigenvalue weighted by Crippen LogP contribution is -2.33. The summed E-state index contributed by atoms with van der Waals surface area (Å²) in [5.41, 5.74) is 0.839. The fourth-order valence-electron chi connectivity index (χ4n) is 4.63. The van der Waals surface area contributed by atoms with Gasteiger partial charge in [-0.3, -0.25) is 19.8 Å². The summed E-state index contributed by atoms with van der Waals surface area (Å²) in [5, 5.41) is 17.8. The van der Waals surface area contributed by atoms with Crippen LogP contribution in [0.25, 0.3) is 0 Å². The molecular formula is C29H37BrFN3O7. The Labute approximate surface area is 249 Å². The number of Topliss-reactive ketones (excluding diaryl/α,β-unsaturated/α-hetero) is 1. The van der Waals surface area contributed by atoms with E-state index in [1.165, 1.54) is 25.1 Å². The lowest BCUT2D eigenvalue weighted by molar-refractivity contribution is -0.137. The first kappa shape index (κ1) is 33.5. The molecule has 0 spiro atoms. The number of rotatable bonds is 11. The number of nitrogens with one attached hydrogen (secondary N) is 1. The number of carboxylic acids is 1. The number of carbonyl (C=O) groups excluding carboxylic acids is 2. The number of carboxylic acid groups (broad SMARTS) is 1. The van der Waals surface area contributed by atoms with E-state index in [9.17, 15) is 14.4 Å². The van der Waals surface area contributed by atoms with Gasteiger partial charge < -0.3 is 29.1 Å². The first-order valence-corrected chi connectivity index (χ1v) is 12.9. The number of hydrogen-bond acceptors (Lipinski definition) is 7. The second-order valence-corrected chi connectivity index (χ2v) is 10.5. The van der Waals surface area contributed by atoms with Crippen molar-refractivity contribution in [3.8, 4) is 17.2 Å². The van der Waals surface area contributed by atoms with E-state index in [4.69, 9.17) is 24.7 Å². The quantitative estimate of drug-likeness (QED) is 0.340. The number of hydrogen-bond donors (Lipinski definition) is 2. The van der Waals surface area contributed by atoms with Crippen LogP contribution in [0.2, 0.25) is 0 Å². The Morgan fingerprint density at radius 2 is 1.73 bits per heavy atom. The van der Waals surface area contributed by atoms with E-state index in [1.54, 1.807) is 26.0 Å². The molecule has 1 aliphatic rings. The van der Waals surface area contributed by atoms with E-state index in [1.807, 2.05) is 20.8 Å². The van der Waals surface area contributed by atoms with Crippen molar-refractivity contribution >= 4 is 40.5 Å². The summed E-state index contributed by atoms with van der Waals surface area (Å²) in [5.74, 6) is -2.66. The zero-order chi connectivity index (χ0) is 29.9. The standard InChI is InChI=1S/C29H36FN3O7.BrH/c1-8-39-21-12-17-13-33(27(31)23(17)24(30)26(21)40-9-2)14-20(34)16-10-18(28(37)32(6)15-22(35)36)25(38-7)19(11-16)29(3,4)5;/h10-12,31H,8-9,13-15H2,1-7H3,(H,35,36);1H. The highest BCUT2D eigenvalue weighted by molar-refractivity contribution is 8.93. The van der Waals surface area contributed by atoms with Crippen molar-refractivity contribution in [1.29, 1.82) is 5.41 Å². The van der Waals surface area contributed by atoms with Gasteiger partial charge in [0.15, 0.2) is 23.1 Å². The monoisotopic (exact) mass is 637 g/mol. The number of nitrogens with zero attached hydrogens (tertiary/aromatic N) is 2. The largest absolute Gasteiger partial charge is 0.496 e. The maximum absolute atomic E-state index is 15.4. The van der Waals surface area contributed by atoms with E-state index in [0.717, 1.165) is 4.90 Å². The van der Waals surface area contributed by atoms with E-state index >= 15 is 4.39 Å². The van der Waals surface area contributed by atoms with Crippen LogP contribution in [0.3, 0.4) is 0 Å². The maximum atomic E-state index is 15.4. The third kappa shape index (κ3) is 6.98. The summed E-state index contributed by atoms with van der Waals surface area (Å²) >= 11 is 0. The summed E-state index contributed by atoms with van der Waals surface area (Å²) in [6, 6.07) is 4.65. The third-order valence-electron chi connectivity index (χ3n) is 6.48. The first-order valence-electron chi connectivity index (χ1n) is 12.9. The smallest absolute Gasteiger partial charge is 0.323 e. The van der Waals surface area contributed by atoms with Gasteiger partial charge in [0, 0.05) is 24.7 Å². The van der Waals surface area contributed by atoms with E-state index in [-0.39, 0.29) is 76.5 Å². The van der Waals surface area contributed by atoms with E-state index in [0.29, 0.717) is 17.7 Å². The molecule has 2 aromatic rings. The lowest BCUT2D eigenvalue weighted by Gasteiger charge is -2.26. The summed E-state index contributed by atoms with van der Waals surface area (Å²) in [6.45, 7) is 9.02. The molecule has 224 valence electrons. The number of amidine groups is 1. The highest BCUT2D eigenvalue weighted by Gasteiger charge is 2.34. The van der Waals surface area contributed by atoms with Gasteiger partial charge in [0.05, 0.1) is 38.0 Å². The van der Waals surface area contributed by atoms with Gasteiger partial charge in [-0.25, -0.2) is 4.39 Å². The van der Waals surface area contributed by atoms with Crippen LogP contribution in [0.5, 0.6) is 17.2 Å². The molecule has 0 fully saturated rings. The molecule has 3 rings (SSSR count). The van der Waals surface area contributed by atoms with Crippen molar-refractivity contribution in [1.82, 2.24) is 9.80 Å². The van der Waals surface area contributed by atoms with Crippen LogP contribution in [0, 0.1) is 11.2 Å². The number of benzene rings is 2. The highest BCUT2D eigenvalue weighted by Crippen LogP contribution is 2.40. The Hall–Kier alpha value is -3.67. The minimum atomic E-state index is -1.18. The number of aliphatic carboxylic acids is 1. The predicted octanol–water partition coefficient (Wildman–Crippen LogP) is 4.69. The van der Waals surface area contributed by atoms with Crippen molar-refractivity contribution in [2.45, 2.75) is 46.6 Å². The Balaban J connectivity index is 0.00000588. The minimum Gasteiger partial charge on any atom is -0.496 e. The molecular weight excluding hydrogens is 601 g/mol. The number of halogens is 2. The second kappa shape index (κ2) is 13.3. The molecule has 0 unspecified atom stereocenters. The second-order valence-electron chi connectivity index (χ2n) is 10.5. The molecule has 2 N–H and O–H groups in total. The number of ketones is 1. The fourth-order valence-corrected chi connectivity index (χ4v) is 4.63. The molecule has 0 atom stereocenters. The summed E-state index contributed by atoms with van der Waals surface area (Å²) in [6.07, 6.45) is 0. The fraction of sp³-hybridized carbons (Fsp3) is 0.448. The molecule has 41 heavy (non-hydrogen) atoms. The first-order chi connectivity index (χ1) is 18.7. The van der Waals surface area contributed by atoms with Crippen molar-refractivity contribution in [3.63, 3.8) is 0 Å². The zero-order valence-corrected chi connectivity index (χ0v) is 26.1. The molecule has 1 aliphatic heterocycles. The van der Waals surface area contributed by atoms with Crippen LogP contribution in [-0.4, -0.2) is 78.9 Å². The third-order valence-corrected chi connectivity index (χ3v) is 6.48. The number of likely N-dealkylation sites (N-methyl/N-ethyl adjacent to an activating group) is 1. The van der Waals surface area contributed by atoms with E-state index in [2.05, 4.69) is 0 Å². The Morgan fingerprint density at radius 3 is 2.27 bits per heavy atom. The van der Waals surface area contributed by atoms with Crippen LogP contribution >= 0.6 is 17.0 Å². The van der Waals surface area contributed by atoms with E-state index < -0.39 is 35.4 Å². The normalized spacial score (nSPS) is 12.4. The van der Waals surface area contributed by atoms with Crippen LogP contribution in [0.1, 0.15) is 72.0 Å². The van der Waals surface area contributed by atoms with Crippen molar-refractivity contribution in [2.24, 2.45) is 0 Å². The van der Waals surface area contributed by atoms with Crippen molar-refractivity contribution < 1.29 is 38.1 Å². The molecule has 1 amide bonds. The van der Waals surface area contributed by atoms with Gasteiger partial charge in [-0.15, -0.1) is 17.0 Å². The van der Waals surface area contributed by atoms with Gasteiger partial charge in [0.2, 0.25) is 0 Å². The Bertz CT molecular complexity index is 1360. The summed E-state index contributed by atoms with van der Waals surface area (Å²) in [4.78, 5) is 40.5. The average Bonchev–Trinajstić information content (AvgIpc) is 3.18. The molecule has 10 nitrogen and oxygen atoms in total. The summed E-state index contributed by atoms with van der Waals surface area (Å²) < 4.78 is 32.0. The maximum Gasteiger partial charge on any atom is 0.323 e. The summed E-state index contributed by atoms with van der Waals surface area (Å²) in [7, 11) is 2.76. The average molecular weight is 639 g/mol. The van der Waals surface area contributed by atoms with Crippen LogP contribution in [0.15, 0.2) is 18.2 Å². The van der Waals surface area contributed by atoms with Crippen LogP contribution < -0.4 is 14.2 Å². The topological polar surface area (TPSA) is 129 Å². The molecule has 0 saturated carbocycles. The van der Waals surface area contributed by atoms with Crippen molar-refractivity contribution in [3.05, 3.63) is 51.8 Å². The van der Waals surface area contributed by atoms with Gasteiger partial charge in [-0.05, 0) is 43.0 Å². The molecule has 0 saturated heterocycles. The highest BCUT2D eigenvalue weighted by atomic mass is 79.9. The zero-order valence-electron chi connectivity index (χ0n) is 24.3. The number of fused-ring (bicyclic) bond motifs is 1. The SMILES string of the molecule is Br.CCOc1cc2c(c(F)c1OCC)C(=N)N(CC(=O)c1cc(C(=O)N(C)CC(=O)O)c(OC)c(C(C)(C)C)c1)C2. The van der Waals surface area contributed by atoms with Gasteiger partial charge in [0.25, 0.3) is 5.91 Å². The predicted molar refractivity (Wildman–Crippen MR) is 157 cm³/mol. The Kier molecular flexibility index (Phi) is 10.9. The molecule has 0 bridgehead atoms. The minimum absolute atomic E-state index is 0. The number of methoxy groups -OCH3 is 1. The molecule has 2 aromatic carbocycles. The van der Waals surface area contributed by atoms with Crippen molar-refractivity contribution in [2.75, 3.05) is 40.5 Å². The molecule has 0 aromatic heterocycles. The molecule has 0 radical (unpaired) electrons. The van der Waals surface area contributed by atoms with Crippen LogP contribution in [0.4, 0.5) is 4.39 Å². The Morgan fingerprint density at radius 1 is 1.10 bits per heavy atom. The van der Waals surface area contributed by atoms with Crippen LogP contribution in [-0.2, 0) is 16.8 Å². The number of carbonyl (C=O) groups is 3. The molecule has 1 heterocycles. The van der Waals surface area contributed by atoms with Gasteiger partial charge in [0.1, 0.15) is 18.1 Å². The number of amides is 1. The molecule has 12 heteroatoms. The van der Waals surface area contributed by atoms with Gasteiger partial charge in [-0.1, -0.05) is 20.8 Å². The number of ether oxygens (including phenoxy) is 3. The lowest BCUT2D eigenvalue weighted by atomic mass is 9.83. The van der Waals surface area contributed by atoms with Gasteiger partial charge in [-0.2, -0.15) is 0 Å². The van der Waals surface area contributed by atoms with Gasteiger partial charge >= 0.3 is 5.97 Å². The molecule has 0 aliphatic carbocycles.